The molecule has 0 spiro atoms. The third-order valence-electron chi connectivity index (χ3n) is 5.23. The third-order valence-corrected chi connectivity index (χ3v) is 5.23. The Kier molecular flexibility index (Phi) is 3.65. The number of para-hydroxylation sites is 1. The van der Waals surface area contributed by atoms with Crippen LogP contribution in [0.5, 0.6) is 5.75 Å². The lowest BCUT2D eigenvalue weighted by molar-refractivity contribution is 0.309. The van der Waals surface area contributed by atoms with Crippen LogP contribution in [-0.2, 0) is 0 Å². The van der Waals surface area contributed by atoms with Gasteiger partial charge in [0.25, 0.3) is 0 Å². The first kappa shape index (κ1) is 14.4. The van der Waals surface area contributed by atoms with E-state index in [1.165, 1.54) is 0 Å². The SMILES string of the molecule is CCCOc1ccccc1C(N)C1C(C)(C)C1(C)C. The largest absolute Gasteiger partial charge is 0.493 e. The average molecular weight is 261 g/mol. The maximum atomic E-state index is 6.54. The molecule has 0 heterocycles. The molecule has 106 valence electrons. The summed E-state index contributed by atoms with van der Waals surface area (Å²) in [5.41, 5.74) is 8.29. The molecule has 1 saturated carbocycles. The summed E-state index contributed by atoms with van der Waals surface area (Å²) < 4.78 is 5.84. The third kappa shape index (κ3) is 2.27. The first-order chi connectivity index (χ1) is 8.84. The van der Waals surface area contributed by atoms with E-state index < -0.39 is 0 Å². The Hall–Kier alpha value is -1.02. The fourth-order valence-corrected chi connectivity index (χ4v) is 3.42. The predicted octanol–water partition coefficient (Wildman–Crippen LogP) is 4.16. The van der Waals surface area contributed by atoms with Crippen LogP contribution in [0.25, 0.3) is 0 Å². The predicted molar refractivity (Wildman–Crippen MR) is 80.2 cm³/mol. The van der Waals surface area contributed by atoms with Crippen molar-refractivity contribution in [3.63, 3.8) is 0 Å². The van der Waals surface area contributed by atoms with Crippen molar-refractivity contribution in [3.05, 3.63) is 29.8 Å². The Labute approximate surface area is 117 Å². The van der Waals surface area contributed by atoms with Crippen molar-refractivity contribution in [3.8, 4) is 5.75 Å². The van der Waals surface area contributed by atoms with Crippen molar-refractivity contribution in [2.75, 3.05) is 6.61 Å². The molecule has 1 aromatic rings. The van der Waals surface area contributed by atoms with E-state index in [9.17, 15) is 0 Å². The number of hydrogen-bond acceptors (Lipinski definition) is 2. The van der Waals surface area contributed by atoms with E-state index >= 15 is 0 Å². The Morgan fingerprint density at radius 3 is 2.26 bits per heavy atom. The van der Waals surface area contributed by atoms with Gasteiger partial charge >= 0.3 is 0 Å². The van der Waals surface area contributed by atoms with E-state index in [-0.39, 0.29) is 6.04 Å². The zero-order valence-electron chi connectivity index (χ0n) is 12.9. The van der Waals surface area contributed by atoms with Crippen LogP contribution >= 0.6 is 0 Å². The first-order valence-electron chi connectivity index (χ1n) is 7.31. The van der Waals surface area contributed by atoms with Crippen LogP contribution in [0, 0.1) is 16.7 Å². The lowest BCUT2D eigenvalue weighted by atomic mass is 9.96. The molecule has 0 bridgehead atoms. The van der Waals surface area contributed by atoms with Gasteiger partial charge in [-0.3, -0.25) is 0 Å². The summed E-state index contributed by atoms with van der Waals surface area (Å²) >= 11 is 0. The molecule has 2 heteroatoms. The van der Waals surface area contributed by atoms with Crippen LogP contribution in [0.15, 0.2) is 24.3 Å². The minimum absolute atomic E-state index is 0.0538. The van der Waals surface area contributed by atoms with Crippen molar-refractivity contribution >= 4 is 0 Å². The summed E-state index contributed by atoms with van der Waals surface area (Å²) in [5, 5.41) is 0. The van der Waals surface area contributed by atoms with Crippen LogP contribution in [0.2, 0.25) is 0 Å². The van der Waals surface area contributed by atoms with Crippen molar-refractivity contribution < 1.29 is 4.74 Å². The highest BCUT2D eigenvalue weighted by atomic mass is 16.5. The topological polar surface area (TPSA) is 35.2 Å². The molecular formula is C17H27NO. The molecular weight excluding hydrogens is 234 g/mol. The van der Waals surface area contributed by atoms with Gasteiger partial charge in [0.15, 0.2) is 0 Å². The first-order valence-corrected chi connectivity index (χ1v) is 7.31. The van der Waals surface area contributed by atoms with E-state index in [0.29, 0.717) is 16.7 Å². The highest BCUT2D eigenvalue weighted by molar-refractivity contribution is 5.38. The minimum Gasteiger partial charge on any atom is -0.493 e. The van der Waals surface area contributed by atoms with Gasteiger partial charge in [-0.25, -0.2) is 0 Å². The summed E-state index contributed by atoms with van der Waals surface area (Å²) in [4.78, 5) is 0. The summed E-state index contributed by atoms with van der Waals surface area (Å²) in [6.45, 7) is 12.1. The Bertz CT molecular complexity index is 436. The minimum atomic E-state index is 0.0538. The monoisotopic (exact) mass is 261 g/mol. The fraction of sp³-hybridized carbons (Fsp3) is 0.647. The molecule has 1 aliphatic carbocycles. The highest BCUT2D eigenvalue weighted by Gasteiger charge is 2.66. The summed E-state index contributed by atoms with van der Waals surface area (Å²) in [5.74, 6) is 1.46. The normalized spacial score (nSPS) is 22.0. The van der Waals surface area contributed by atoms with Crippen LogP contribution in [0.1, 0.15) is 52.6 Å². The van der Waals surface area contributed by atoms with Gasteiger partial charge in [-0.15, -0.1) is 0 Å². The maximum Gasteiger partial charge on any atom is 0.124 e. The lowest BCUT2D eigenvalue weighted by Gasteiger charge is -2.18. The van der Waals surface area contributed by atoms with E-state index in [1.807, 2.05) is 12.1 Å². The second-order valence-electron chi connectivity index (χ2n) is 6.83. The van der Waals surface area contributed by atoms with Gasteiger partial charge in [0.2, 0.25) is 0 Å². The van der Waals surface area contributed by atoms with Gasteiger partial charge in [0.1, 0.15) is 5.75 Å². The quantitative estimate of drug-likeness (QED) is 0.864. The van der Waals surface area contributed by atoms with Gasteiger partial charge in [0.05, 0.1) is 6.61 Å². The molecule has 0 radical (unpaired) electrons. The highest BCUT2D eigenvalue weighted by Crippen LogP contribution is 2.72. The van der Waals surface area contributed by atoms with Gasteiger partial charge in [-0.05, 0) is 29.2 Å². The molecule has 1 fully saturated rings. The zero-order chi connectivity index (χ0) is 14.3. The van der Waals surface area contributed by atoms with Crippen molar-refractivity contribution in [2.45, 2.75) is 47.1 Å². The maximum absolute atomic E-state index is 6.54. The van der Waals surface area contributed by atoms with Crippen LogP contribution in [0.4, 0.5) is 0 Å². The van der Waals surface area contributed by atoms with E-state index in [4.69, 9.17) is 10.5 Å². The smallest absolute Gasteiger partial charge is 0.124 e. The van der Waals surface area contributed by atoms with Gasteiger partial charge in [-0.1, -0.05) is 52.8 Å². The Morgan fingerprint density at radius 1 is 1.16 bits per heavy atom. The molecule has 1 atom stereocenters. The van der Waals surface area contributed by atoms with Gasteiger partial charge < -0.3 is 10.5 Å². The second kappa shape index (κ2) is 4.82. The van der Waals surface area contributed by atoms with Gasteiger partial charge in [0, 0.05) is 11.6 Å². The van der Waals surface area contributed by atoms with Crippen molar-refractivity contribution in [2.24, 2.45) is 22.5 Å². The lowest BCUT2D eigenvalue weighted by Crippen LogP contribution is -2.17. The zero-order valence-corrected chi connectivity index (χ0v) is 12.9. The van der Waals surface area contributed by atoms with Crippen molar-refractivity contribution in [1.82, 2.24) is 0 Å². The molecule has 1 aliphatic rings. The molecule has 2 rings (SSSR count). The van der Waals surface area contributed by atoms with Crippen LogP contribution < -0.4 is 10.5 Å². The van der Waals surface area contributed by atoms with E-state index in [2.05, 4.69) is 46.8 Å². The van der Waals surface area contributed by atoms with E-state index in [1.54, 1.807) is 0 Å². The van der Waals surface area contributed by atoms with E-state index in [0.717, 1.165) is 24.3 Å². The summed E-state index contributed by atoms with van der Waals surface area (Å²) in [7, 11) is 0. The molecule has 0 aromatic heterocycles. The van der Waals surface area contributed by atoms with Gasteiger partial charge in [-0.2, -0.15) is 0 Å². The Morgan fingerprint density at radius 2 is 1.74 bits per heavy atom. The molecule has 0 saturated heterocycles. The number of nitrogens with two attached hydrogens (primary N) is 1. The number of rotatable bonds is 5. The molecule has 0 aliphatic heterocycles. The Balaban J connectivity index is 2.23. The average Bonchev–Trinajstić information content (AvgIpc) is 2.77. The number of ether oxygens (including phenoxy) is 1. The molecule has 2 N–H and O–H groups in total. The summed E-state index contributed by atoms with van der Waals surface area (Å²) in [6.07, 6.45) is 1.02. The molecule has 2 nitrogen and oxygen atoms in total. The molecule has 1 unspecified atom stereocenters. The van der Waals surface area contributed by atoms with Crippen molar-refractivity contribution in [1.29, 1.82) is 0 Å². The number of hydrogen-bond donors (Lipinski definition) is 1. The second-order valence-corrected chi connectivity index (χ2v) is 6.83. The summed E-state index contributed by atoms with van der Waals surface area (Å²) in [6, 6.07) is 8.27. The number of benzene rings is 1. The molecule has 1 aromatic carbocycles. The molecule has 0 amide bonds. The standard InChI is InChI=1S/C17H27NO/c1-6-11-19-13-10-8-7-9-12(13)14(18)15-16(2,3)17(15,4)5/h7-10,14-15H,6,11,18H2,1-5H3. The van der Waals surface area contributed by atoms with Crippen LogP contribution in [-0.4, -0.2) is 6.61 Å². The fourth-order valence-electron chi connectivity index (χ4n) is 3.42. The molecule has 19 heavy (non-hydrogen) atoms. The van der Waals surface area contributed by atoms with Crippen LogP contribution in [0.3, 0.4) is 0 Å².